The lowest BCUT2D eigenvalue weighted by Gasteiger charge is -2.18. The Balaban J connectivity index is 1.81. The van der Waals surface area contributed by atoms with Crippen LogP contribution in [-0.2, 0) is 4.79 Å². The molecule has 0 atom stereocenters. The van der Waals surface area contributed by atoms with E-state index in [0.717, 1.165) is 11.1 Å². The van der Waals surface area contributed by atoms with Crippen LogP contribution in [0.15, 0.2) is 60.7 Å². The van der Waals surface area contributed by atoms with Crippen molar-refractivity contribution in [2.45, 2.75) is 40.5 Å². The number of rotatable bonds is 11. The SMILES string of the molecule is CCOc1cc(NC(=O)c2ccccc2)c(OCC)cc1NC(=O)COc1cc(C)ccc1C(C)C. The molecule has 0 aliphatic rings. The number of hydrogen-bond acceptors (Lipinski definition) is 5. The smallest absolute Gasteiger partial charge is 0.262 e. The van der Waals surface area contributed by atoms with Gasteiger partial charge < -0.3 is 24.8 Å². The van der Waals surface area contributed by atoms with E-state index in [1.807, 2.05) is 45.0 Å². The predicted octanol–water partition coefficient (Wildman–Crippen LogP) is 6.19. The van der Waals surface area contributed by atoms with Crippen LogP contribution < -0.4 is 24.8 Å². The van der Waals surface area contributed by atoms with Gasteiger partial charge in [-0.3, -0.25) is 9.59 Å². The molecule has 2 N–H and O–H groups in total. The van der Waals surface area contributed by atoms with Gasteiger partial charge in [0.05, 0.1) is 24.6 Å². The van der Waals surface area contributed by atoms with Crippen LogP contribution in [0, 0.1) is 6.92 Å². The molecule has 7 heteroatoms. The molecule has 3 aromatic rings. The highest BCUT2D eigenvalue weighted by Crippen LogP contribution is 2.37. The maximum Gasteiger partial charge on any atom is 0.262 e. The monoisotopic (exact) mass is 490 g/mol. The highest BCUT2D eigenvalue weighted by molar-refractivity contribution is 6.05. The first-order valence-corrected chi connectivity index (χ1v) is 12.2. The third-order valence-electron chi connectivity index (χ3n) is 5.39. The van der Waals surface area contributed by atoms with Crippen molar-refractivity contribution in [3.63, 3.8) is 0 Å². The van der Waals surface area contributed by atoms with Gasteiger partial charge in [0, 0.05) is 17.7 Å². The Kier molecular flexibility index (Phi) is 9.33. The summed E-state index contributed by atoms with van der Waals surface area (Å²) in [5.74, 6) is 1.18. The molecular weight excluding hydrogens is 456 g/mol. The molecule has 0 radical (unpaired) electrons. The molecule has 0 unspecified atom stereocenters. The highest BCUT2D eigenvalue weighted by atomic mass is 16.5. The number of nitrogens with one attached hydrogen (secondary N) is 2. The van der Waals surface area contributed by atoms with E-state index in [1.165, 1.54) is 0 Å². The second kappa shape index (κ2) is 12.6. The fourth-order valence-corrected chi connectivity index (χ4v) is 3.66. The van der Waals surface area contributed by atoms with Crippen LogP contribution in [0.2, 0.25) is 0 Å². The van der Waals surface area contributed by atoms with E-state index >= 15 is 0 Å². The molecule has 0 aliphatic heterocycles. The van der Waals surface area contributed by atoms with Crippen molar-refractivity contribution in [3.8, 4) is 17.2 Å². The van der Waals surface area contributed by atoms with Gasteiger partial charge >= 0.3 is 0 Å². The van der Waals surface area contributed by atoms with Gasteiger partial charge in [-0.1, -0.05) is 44.2 Å². The van der Waals surface area contributed by atoms with E-state index in [9.17, 15) is 9.59 Å². The topological polar surface area (TPSA) is 85.9 Å². The van der Waals surface area contributed by atoms with E-state index in [0.29, 0.717) is 47.4 Å². The van der Waals surface area contributed by atoms with Crippen LogP contribution in [0.1, 0.15) is 55.1 Å². The minimum Gasteiger partial charge on any atom is -0.492 e. The second-order valence-corrected chi connectivity index (χ2v) is 8.56. The van der Waals surface area contributed by atoms with Gasteiger partial charge in [-0.05, 0) is 56.0 Å². The molecule has 0 spiro atoms. The van der Waals surface area contributed by atoms with Gasteiger partial charge in [0.15, 0.2) is 6.61 Å². The molecule has 0 aliphatic carbocycles. The molecule has 3 rings (SSSR count). The van der Waals surface area contributed by atoms with Gasteiger partial charge in [0.25, 0.3) is 11.8 Å². The van der Waals surface area contributed by atoms with Crippen LogP contribution >= 0.6 is 0 Å². The summed E-state index contributed by atoms with van der Waals surface area (Å²) < 4.78 is 17.4. The number of carbonyl (C=O) groups excluding carboxylic acids is 2. The Labute approximate surface area is 212 Å². The molecule has 0 bridgehead atoms. The number of ether oxygens (including phenoxy) is 3. The van der Waals surface area contributed by atoms with Crippen molar-refractivity contribution in [2.24, 2.45) is 0 Å². The molecule has 3 aromatic carbocycles. The standard InChI is InChI=1S/C29H34N2O5/c1-6-34-26-17-24(31-29(33)21-11-9-8-10-12-21)27(35-7-2)16-23(26)30-28(32)18-36-25-15-20(5)13-14-22(25)19(3)4/h8-17,19H,6-7,18H2,1-5H3,(H,30,32)(H,31,33). The largest absolute Gasteiger partial charge is 0.492 e. The summed E-state index contributed by atoms with van der Waals surface area (Å²) in [5.41, 5.74) is 3.50. The summed E-state index contributed by atoms with van der Waals surface area (Å²) in [4.78, 5) is 25.6. The summed E-state index contributed by atoms with van der Waals surface area (Å²) in [6.07, 6.45) is 0. The summed E-state index contributed by atoms with van der Waals surface area (Å²) >= 11 is 0. The van der Waals surface area contributed by atoms with Crippen molar-refractivity contribution in [2.75, 3.05) is 30.5 Å². The minimum absolute atomic E-state index is 0.162. The molecule has 0 heterocycles. The first kappa shape index (κ1) is 26.6. The number of carbonyl (C=O) groups is 2. The quantitative estimate of drug-likeness (QED) is 0.335. The maximum absolute atomic E-state index is 12.8. The second-order valence-electron chi connectivity index (χ2n) is 8.56. The molecule has 0 saturated heterocycles. The van der Waals surface area contributed by atoms with Gasteiger partial charge in [-0.15, -0.1) is 0 Å². The fourth-order valence-electron chi connectivity index (χ4n) is 3.66. The summed E-state index contributed by atoms with van der Waals surface area (Å²) in [6.45, 7) is 10.4. The van der Waals surface area contributed by atoms with Crippen LogP contribution in [0.4, 0.5) is 11.4 Å². The fraction of sp³-hybridized carbons (Fsp3) is 0.310. The first-order chi connectivity index (χ1) is 17.3. The summed E-state index contributed by atoms with van der Waals surface area (Å²) in [5, 5.41) is 5.74. The zero-order valence-electron chi connectivity index (χ0n) is 21.5. The van der Waals surface area contributed by atoms with Gasteiger partial charge in [0.1, 0.15) is 17.2 Å². The lowest BCUT2D eigenvalue weighted by Crippen LogP contribution is -2.21. The zero-order chi connectivity index (χ0) is 26.1. The molecule has 190 valence electrons. The van der Waals surface area contributed by atoms with Crippen molar-refractivity contribution < 1.29 is 23.8 Å². The van der Waals surface area contributed by atoms with Gasteiger partial charge in [0.2, 0.25) is 0 Å². The van der Waals surface area contributed by atoms with E-state index in [2.05, 4.69) is 24.5 Å². The number of hydrogen-bond donors (Lipinski definition) is 2. The van der Waals surface area contributed by atoms with Crippen LogP contribution in [0.5, 0.6) is 17.2 Å². The average Bonchev–Trinajstić information content (AvgIpc) is 2.85. The Morgan fingerprint density at radius 3 is 1.97 bits per heavy atom. The van der Waals surface area contributed by atoms with Crippen LogP contribution in [-0.4, -0.2) is 31.6 Å². The molecule has 36 heavy (non-hydrogen) atoms. The molecule has 0 fully saturated rings. The summed E-state index contributed by atoms with van der Waals surface area (Å²) in [6, 6.07) is 18.2. The van der Waals surface area contributed by atoms with Gasteiger partial charge in [-0.25, -0.2) is 0 Å². The Morgan fingerprint density at radius 1 is 0.778 bits per heavy atom. The normalized spacial score (nSPS) is 10.6. The average molecular weight is 491 g/mol. The third kappa shape index (κ3) is 7.01. The van der Waals surface area contributed by atoms with Gasteiger partial charge in [-0.2, -0.15) is 0 Å². The molecule has 0 saturated carbocycles. The van der Waals surface area contributed by atoms with Crippen LogP contribution in [0.3, 0.4) is 0 Å². The Bertz CT molecular complexity index is 1190. The lowest BCUT2D eigenvalue weighted by atomic mass is 10.0. The highest BCUT2D eigenvalue weighted by Gasteiger charge is 2.18. The Hall–Kier alpha value is -4.00. The molecule has 2 amide bonds. The lowest BCUT2D eigenvalue weighted by molar-refractivity contribution is -0.118. The van der Waals surface area contributed by atoms with Crippen molar-refractivity contribution in [3.05, 3.63) is 77.4 Å². The predicted molar refractivity (Wildman–Crippen MR) is 143 cm³/mol. The van der Waals surface area contributed by atoms with Crippen molar-refractivity contribution >= 4 is 23.2 Å². The van der Waals surface area contributed by atoms with Crippen molar-refractivity contribution in [1.29, 1.82) is 0 Å². The van der Waals surface area contributed by atoms with E-state index in [4.69, 9.17) is 14.2 Å². The minimum atomic E-state index is -0.337. The van der Waals surface area contributed by atoms with Crippen LogP contribution in [0.25, 0.3) is 0 Å². The van der Waals surface area contributed by atoms with E-state index in [1.54, 1.807) is 36.4 Å². The molecule has 7 nitrogen and oxygen atoms in total. The molecular formula is C29H34N2O5. The van der Waals surface area contributed by atoms with E-state index < -0.39 is 0 Å². The number of anilines is 2. The van der Waals surface area contributed by atoms with E-state index in [-0.39, 0.29) is 24.3 Å². The maximum atomic E-state index is 12.8. The Morgan fingerprint density at radius 2 is 1.39 bits per heavy atom. The van der Waals surface area contributed by atoms with Crippen molar-refractivity contribution in [1.82, 2.24) is 0 Å². The molecule has 0 aromatic heterocycles. The zero-order valence-corrected chi connectivity index (χ0v) is 21.5. The summed E-state index contributed by atoms with van der Waals surface area (Å²) in [7, 11) is 0. The number of aryl methyl sites for hydroxylation is 1. The third-order valence-corrected chi connectivity index (χ3v) is 5.39. The number of benzene rings is 3. The number of amides is 2. The first-order valence-electron chi connectivity index (χ1n) is 12.2.